The highest BCUT2D eigenvalue weighted by Crippen LogP contribution is 2.16. The van der Waals surface area contributed by atoms with Crippen molar-refractivity contribution in [2.75, 3.05) is 18.5 Å². The van der Waals surface area contributed by atoms with Gasteiger partial charge in [-0.25, -0.2) is 4.98 Å². The maximum absolute atomic E-state index is 11.8. The molecule has 3 aromatic rings. The standard InChI is InChI=1S/C16H18N4O2S/c1-12-11-14(21)20-16(18-12)23-15(19-20)17-9-5-6-10-22-13-7-3-2-4-8-13/h2-4,7-8,11H,5-6,9-10H2,1H3,(H,17,19). The van der Waals surface area contributed by atoms with Crippen LogP contribution in [0.4, 0.5) is 5.13 Å². The van der Waals surface area contributed by atoms with Crippen molar-refractivity contribution in [3.63, 3.8) is 0 Å². The van der Waals surface area contributed by atoms with Crippen LogP contribution < -0.4 is 15.6 Å². The van der Waals surface area contributed by atoms with Gasteiger partial charge in [0, 0.05) is 18.3 Å². The lowest BCUT2D eigenvalue weighted by Gasteiger charge is -2.05. The fraction of sp³-hybridized carbons (Fsp3) is 0.312. The average molecular weight is 330 g/mol. The number of ether oxygens (including phenoxy) is 1. The van der Waals surface area contributed by atoms with E-state index in [4.69, 9.17) is 4.74 Å². The largest absolute Gasteiger partial charge is 0.494 e. The fourth-order valence-electron chi connectivity index (χ4n) is 2.12. The second-order valence-electron chi connectivity index (χ2n) is 5.13. The normalized spacial score (nSPS) is 10.8. The molecule has 0 spiro atoms. The number of para-hydroxylation sites is 1. The van der Waals surface area contributed by atoms with Gasteiger partial charge < -0.3 is 10.1 Å². The van der Waals surface area contributed by atoms with Gasteiger partial charge in [0.15, 0.2) is 0 Å². The number of hydrogen-bond acceptors (Lipinski definition) is 6. The lowest BCUT2D eigenvalue weighted by Crippen LogP contribution is -2.14. The van der Waals surface area contributed by atoms with E-state index >= 15 is 0 Å². The van der Waals surface area contributed by atoms with Gasteiger partial charge in [0.2, 0.25) is 10.1 Å². The van der Waals surface area contributed by atoms with Crippen molar-refractivity contribution in [1.82, 2.24) is 14.6 Å². The highest BCUT2D eigenvalue weighted by atomic mass is 32.1. The Morgan fingerprint density at radius 2 is 2.09 bits per heavy atom. The van der Waals surface area contributed by atoms with Crippen LogP contribution >= 0.6 is 11.3 Å². The van der Waals surface area contributed by atoms with E-state index in [0.717, 1.165) is 25.1 Å². The number of aromatic nitrogens is 3. The Morgan fingerprint density at radius 1 is 1.26 bits per heavy atom. The first-order valence-electron chi connectivity index (χ1n) is 7.51. The molecule has 3 rings (SSSR count). The first kappa shape index (κ1) is 15.5. The van der Waals surface area contributed by atoms with E-state index in [1.807, 2.05) is 30.3 Å². The molecule has 0 bridgehead atoms. The molecule has 120 valence electrons. The summed E-state index contributed by atoms with van der Waals surface area (Å²) in [5.74, 6) is 0.896. The van der Waals surface area contributed by atoms with Crippen LogP contribution in [0.25, 0.3) is 4.96 Å². The van der Waals surface area contributed by atoms with Crippen LogP contribution in [0.1, 0.15) is 18.5 Å². The topological polar surface area (TPSA) is 68.5 Å². The molecule has 7 heteroatoms. The van der Waals surface area contributed by atoms with Gasteiger partial charge >= 0.3 is 0 Å². The summed E-state index contributed by atoms with van der Waals surface area (Å²) in [6.45, 7) is 3.28. The number of rotatable bonds is 7. The van der Waals surface area contributed by atoms with Crippen LogP contribution in [0.3, 0.4) is 0 Å². The molecular weight excluding hydrogens is 312 g/mol. The van der Waals surface area contributed by atoms with Gasteiger partial charge in [-0.15, -0.1) is 5.10 Å². The molecule has 0 atom stereocenters. The molecule has 0 unspecified atom stereocenters. The van der Waals surface area contributed by atoms with E-state index in [9.17, 15) is 4.79 Å². The van der Waals surface area contributed by atoms with Gasteiger partial charge in [-0.2, -0.15) is 4.52 Å². The Balaban J connectivity index is 1.44. The number of anilines is 1. The summed E-state index contributed by atoms with van der Waals surface area (Å²) in [5.41, 5.74) is 0.566. The maximum Gasteiger partial charge on any atom is 0.275 e. The molecule has 2 aromatic heterocycles. The molecule has 0 saturated heterocycles. The second kappa shape index (κ2) is 7.23. The smallest absolute Gasteiger partial charge is 0.275 e. The molecular formula is C16H18N4O2S. The maximum atomic E-state index is 11.8. The van der Waals surface area contributed by atoms with E-state index < -0.39 is 0 Å². The third-order valence-electron chi connectivity index (χ3n) is 3.23. The van der Waals surface area contributed by atoms with Gasteiger partial charge in [-0.1, -0.05) is 29.5 Å². The summed E-state index contributed by atoms with van der Waals surface area (Å²) in [5, 5.41) is 8.18. The van der Waals surface area contributed by atoms with Crippen molar-refractivity contribution in [3.8, 4) is 5.75 Å². The first-order chi connectivity index (χ1) is 11.2. The highest BCUT2D eigenvalue weighted by molar-refractivity contribution is 7.20. The predicted molar refractivity (Wildman–Crippen MR) is 91.5 cm³/mol. The number of unbranched alkanes of at least 4 members (excludes halogenated alkanes) is 1. The lowest BCUT2D eigenvalue weighted by atomic mass is 10.3. The molecule has 0 fully saturated rings. The third kappa shape index (κ3) is 4.07. The molecule has 2 heterocycles. The van der Waals surface area contributed by atoms with Crippen molar-refractivity contribution in [1.29, 1.82) is 0 Å². The number of hydrogen-bond donors (Lipinski definition) is 1. The Morgan fingerprint density at radius 3 is 2.91 bits per heavy atom. The van der Waals surface area contributed by atoms with Crippen molar-refractivity contribution in [2.24, 2.45) is 0 Å². The average Bonchev–Trinajstić information content (AvgIpc) is 2.95. The van der Waals surface area contributed by atoms with Crippen molar-refractivity contribution < 1.29 is 4.74 Å². The third-order valence-corrected chi connectivity index (χ3v) is 4.10. The molecule has 0 aliphatic rings. The lowest BCUT2D eigenvalue weighted by molar-refractivity contribution is 0.308. The molecule has 23 heavy (non-hydrogen) atoms. The molecule has 1 N–H and O–H groups in total. The summed E-state index contributed by atoms with van der Waals surface area (Å²) in [7, 11) is 0. The van der Waals surface area contributed by atoms with Crippen LogP contribution in [-0.4, -0.2) is 27.7 Å². The molecule has 0 saturated carbocycles. The fourth-order valence-corrected chi connectivity index (χ4v) is 3.00. The number of benzene rings is 1. The number of fused-ring (bicyclic) bond motifs is 1. The zero-order valence-electron chi connectivity index (χ0n) is 12.9. The number of nitrogens with zero attached hydrogens (tertiary/aromatic N) is 3. The summed E-state index contributed by atoms with van der Waals surface area (Å²) in [6, 6.07) is 11.3. The van der Waals surface area contributed by atoms with Gasteiger partial charge in [0.25, 0.3) is 5.56 Å². The number of nitrogens with one attached hydrogen (secondary N) is 1. The Labute approximate surface area is 137 Å². The minimum absolute atomic E-state index is 0.145. The summed E-state index contributed by atoms with van der Waals surface area (Å²) >= 11 is 1.38. The zero-order chi connectivity index (χ0) is 16.1. The zero-order valence-corrected chi connectivity index (χ0v) is 13.7. The van der Waals surface area contributed by atoms with Gasteiger partial charge in [0.05, 0.1) is 6.61 Å². The van der Waals surface area contributed by atoms with Crippen LogP contribution in [0.2, 0.25) is 0 Å². The minimum Gasteiger partial charge on any atom is -0.494 e. The molecule has 0 amide bonds. The Kier molecular flexibility index (Phi) is 4.87. The van der Waals surface area contributed by atoms with Gasteiger partial charge in [-0.3, -0.25) is 4.79 Å². The van der Waals surface area contributed by atoms with Crippen molar-refractivity contribution in [2.45, 2.75) is 19.8 Å². The molecule has 6 nitrogen and oxygen atoms in total. The van der Waals surface area contributed by atoms with E-state index in [1.165, 1.54) is 21.9 Å². The van der Waals surface area contributed by atoms with Crippen LogP contribution in [-0.2, 0) is 0 Å². The van der Waals surface area contributed by atoms with E-state index in [0.29, 0.717) is 22.4 Å². The first-order valence-corrected chi connectivity index (χ1v) is 8.33. The number of aryl methyl sites for hydroxylation is 1. The Bertz CT molecular complexity index is 829. The molecule has 1 aromatic carbocycles. The molecule has 0 radical (unpaired) electrons. The summed E-state index contributed by atoms with van der Waals surface area (Å²) in [4.78, 5) is 16.7. The Hall–Kier alpha value is -2.41. The van der Waals surface area contributed by atoms with E-state index in [-0.39, 0.29) is 5.56 Å². The minimum atomic E-state index is -0.145. The van der Waals surface area contributed by atoms with Gasteiger partial charge in [0.1, 0.15) is 5.75 Å². The summed E-state index contributed by atoms with van der Waals surface area (Å²) in [6.07, 6.45) is 1.91. The van der Waals surface area contributed by atoms with E-state index in [1.54, 1.807) is 6.92 Å². The van der Waals surface area contributed by atoms with Gasteiger partial charge in [-0.05, 0) is 31.9 Å². The predicted octanol–water partition coefficient (Wildman–Crippen LogP) is 2.73. The van der Waals surface area contributed by atoms with Crippen molar-refractivity contribution >= 4 is 21.4 Å². The SMILES string of the molecule is Cc1cc(=O)n2nc(NCCCCOc3ccccc3)sc2n1. The second-order valence-corrected chi connectivity index (χ2v) is 6.09. The van der Waals surface area contributed by atoms with E-state index in [2.05, 4.69) is 15.4 Å². The van der Waals surface area contributed by atoms with Crippen LogP contribution in [0.15, 0.2) is 41.2 Å². The highest BCUT2D eigenvalue weighted by Gasteiger charge is 2.06. The van der Waals surface area contributed by atoms with Crippen LogP contribution in [0, 0.1) is 6.92 Å². The molecule has 0 aliphatic heterocycles. The van der Waals surface area contributed by atoms with Crippen LogP contribution in [0.5, 0.6) is 5.75 Å². The molecule has 0 aliphatic carbocycles. The summed E-state index contributed by atoms with van der Waals surface area (Å²) < 4.78 is 6.97. The van der Waals surface area contributed by atoms with Crippen molar-refractivity contribution in [3.05, 3.63) is 52.4 Å². The monoisotopic (exact) mass is 330 g/mol. The quantitative estimate of drug-likeness (QED) is 0.675.